The highest BCUT2D eigenvalue weighted by Crippen LogP contribution is 2.26. The number of carbonyl (C=O) groups is 1. The van der Waals surface area contributed by atoms with Crippen molar-refractivity contribution in [3.8, 4) is 0 Å². The Morgan fingerprint density at radius 1 is 1.00 bits per heavy atom. The van der Waals surface area contributed by atoms with Crippen molar-refractivity contribution in [2.24, 2.45) is 0 Å². The number of hydrogen-bond donors (Lipinski definition) is 2. The van der Waals surface area contributed by atoms with E-state index in [1.54, 1.807) is 54.6 Å². The van der Waals surface area contributed by atoms with Gasteiger partial charge in [-0.3, -0.25) is 9.69 Å². The van der Waals surface area contributed by atoms with Crippen LogP contribution in [0.2, 0.25) is 0 Å². The van der Waals surface area contributed by atoms with E-state index in [-0.39, 0.29) is 10.9 Å². The summed E-state index contributed by atoms with van der Waals surface area (Å²) in [6.07, 6.45) is 6.83. The first-order chi connectivity index (χ1) is 19.9. The lowest BCUT2D eigenvalue weighted by molar-refractivity contribution is -0.144. The van der Waals surface area contributed by atoms with Gasteiger partial charge in [-0.2, -0.15) is 12.8 Å². The van der Waals surface area contributed by atoms with Gasteiger partial charge in [0.05, 0.1) is 29.9 Å². The first-order valence-corrected chi connectivity index (χ1v) is 16.4. The van der Waals surface area contributed by atoms with Gasteiger partial charge >= 0.3 is 5.97 Å². The maximum atomic E-state index is 13.5. The molecule has 1 fully saturated rings. The van der Waals surface area contributed by atoms with E-state index >= 15 is 0 Å². The predicted octanol–water partition coefficient (Wildman–Crippen LogP) is 4.83. The summed E-state index contributed by atoms with van der Waals surface area (Å²) in [5.41, 5.74) is 4.37. The van der Waals surface area contributed by atoms with E-state index in [1.807, 2.05) is 0 Å². The molecule has 9 nitrogen and oxygen atoms in total. The quantitative estimate of drug-likeness (QED) is 0.136. The minimum atomic E-state index is -3.84. The van der Waals surface area contributed by atoms with Gasteiger partial charge in [0.25, 0.3) is 10.0 Å². The molecule has 228 valence electrons. The molecule has 0 aliphatic carbocycles. The van der Waals surface area contributed by atoms with Crippen molar-refractivity contribution in [3.63, 3.8) is 0 Å². The van der Waals surface area contributed by atoms with Crippen molar-refractivity contribution in [1.82, 2.24) is 10.3 Å². The van der Waals surface area contributed by atoms with Gasteiger partial charge in [-0.1, -0.05) is 69.4 Å². The fourth-order valence-corrected chi connectivity index (χ4v) is 6.09. The Morgan fingerprint density at radius 2 is 1.71 bits per heavy atom. The zero-order valence-electron chi connectivity index (χ0n) is 24.4. The van der Waals surface area contributed by atoms with Crippen LogP contribution in [0.25, 0.3) is 0 Å². The van der Waals surface area contributed by atoms with E-state index in [0.29, 0.717) is 31.7 Å². The fourth-order valence-electron chi connectivity index (χ4n) is 4.71. The summed E-state index contributed by atoms with van der Waals surface area (Å²) < 4.78 is 38.9. The third-order valence-electron chi connectivity index (χ3n) is 7.21. The van der Waals surface area contributed by atoms with E-state index in [4.69, 9.17) is 9.47 Å². The van der Waals surface area contributed by atoms with Crippen LogP contribution in [-0.2, 0) is 24.3 Å². The number of rotatable bonds is 19. The summed E-state index contributed by atoms with van der Waals surface area (Å²) in [6, 6.07) is 15.4. The summed E-state index contributed by atoms with van der Waals surface area (Å²) in [5.74, 6) is -0.171. The molecule has 0 spiro atoms. The monoisotopic (exact) mass is 589 g/mol. The second kappa shape index (κ2) is 18.1. The molecule has 2 N–H and O–H groups in total. The molecule has 0 bridgehead atoms. The summed E-state index contributed by atoms with van der Waals surface area (Å²) in [5, 5.41) is 10.5. The summed E-state index contributed by atoms with van der Waals surface area (Å²) in [6.45, 7) is 6.95. The SMILES string of the molecule is CCCCCC(O)c1ccc(N(NCCCCCCC(=O)OCCN2CCOCC2)S(=O)(=O)c2ccccc2)cc1. The standard InChI is InChI=1S/C31H47N3O6S/c1-2-3-7-14-30(35)27-16-18-28(19-17-27)34(41(37,38)29-12-8-6-9-13-29)32-20-11-5-4-10-15-31(36)40-26-23-33-21-24-39-25-22-33/h6,8-9,12-13,16-19,30,32,35H,2-5,7,10-11,14-15,20-26H2,1H3. The largest absolute Gasteiger partial charge is 0.464 e. The number of nitrogens with zero attached hydrogens (tertiary/aromatic N) is 2. The first-order valence-electron chi connectivity index (χ1n) is 15.0. The molecule has 10 heteroatoms. The number of anilines is 1. The van der Waals surface area contributed by atoms with Crippen LogP contribution < -0.4 is 9.84 Å². The lowest BCUT2D eigenvalue weighted by atomic mass is 10.0. The zero-order chi connectivity index (χ0) is 29.3. The number of esters is 1. The molecule has 1 aliphatic rings. The molecule has 0 amide bonds. The van der Waals surface area contributed by atoms with E-state index in [0.717, 1.165) is 83.4 Å². The van der Waals surface area contributed by atoms with Crippen LogP contribution in [0.4, 0.5) is 5.69 Å². The number of nitrogens with one attached hydrogen (secondary N) is 1. The molecule has 1 heterocycles. The second-order valence-electron chi connectivity index (χ2n) is 10.4. The van der Waals surface area contributed by atoms with Crippen molar-refractivity contribution >= 4 is 21.7 Å². The number of hydrazine groups is 1. The van der Waals surface area contributed by atoms with E-state index < -0.39 is 16.1 Å². The molecular weight excluding hydrogens is 542 g/mol. The molecule has 1 aliphatic heterocycles. The molecule has 1 atom stereocenters. The first kappa shape index (κ1) is 33.0. The van der Waals surface area contributed by atoms with Crippen LogP contribution in [0.3, 0.4) is 0 Å². The van der Waals surface area contributed by atoms with Crippen LogP contribution in [0.5, 0.6) is 0 Å². The van der Waals surface area contributed by atoms with Gasteiger partial charge in [0.15, 0.2) is 0 Å². The molecule has 1 saturated heterocycles. The number of aliphatic hydroxyl groups excluding tert-OH is 1. The number of morpholine rings is 1. The molecule has 41 heavy (non-hydrogen) atoms. The maximum Gasteiger partial charge on any atom is 0.305 e. The third kappa shape index (κ3) is 11.4. The second-order valence-corrected chi connectivity index (χ2v) is 12.2. The van der Waals surface area contributed by atoms with Crippen molar-refractivity contribution in [1.29, 1.82) is 0 Å². The third-order valence-corrected chi connectivity index (χ3v) is 8.90. The molecule has 0 aromatic heterocycles. The Hall–Kier alpha value is -2.50. The smallest absolute Gasteiger partial charge is 0.305 e. The predicted molar refractivity (Wildman–Crippen MR) is 161 cm³/mol. The highest BCUT2D eigenvalue weighted by molar-refractivity contribution is 7.92. The number of aliphatic hydroxyl groups is 1. The van der Waals surface area contributed by atoms with Crippen molar-refractivity contribution in [2.45, 2.75) is 75.7 Å². The van der Waals surface area contributed by atoms with Gasteiger partial charge in [-0.05, 0) is 49.1 Å². The van der Waals surface area contributed by atoms with Crippen LogP contribution in [0, 0.1) is 0 Å². The summed E-state index contributed by atoms with van der Waals surface area (Å²) in [4.78, 5) is 14.5. The van der Waals surface area contributed by atoms with Gasteiger partial charge in [0.2, 0.25) is 0 Å². The van der Waals surface area contributed by atoms with Gasteiger partial charge in [0, 0.05) is 32.6 Å². The number of benzene rings is 2. The Kier molecular flexibility index (Phi) is 14.6. The molecule has 0 radical (unpaired) electrons. The lowest BCUT2D eigenvalue weighted by Gasteiger charge is -2.26. The summed E-state index contributed by atoms with van der Waals surface area (Å²) in [7, 11) is -3.84. The average molecular weight is 590 g/mol. The minimum Gasteiger partial charge on any atom is -0.464 e. The van der Waals surface area contributed by atoms with Gasteiger partial charge < -0.3 is 14.6 Å². The Bertz CT molecular complexity index is 1110. The van der Waals surface area contributed by atoms with Gasteiger partial charge in [-0.25, -0.2) is 5.43 Å². The highest BCUT2D eigenvalue weighted by Gasteiger charge is 2.25. The van der Waals surface area contributed by atoms with Gasteiger partial charge in [-0.15, -0.1) is 0 Å². The maximum absolute atomic E-state index is 13.5. The number of sulfonamides is 1. The molecule has 0 saturated carbocycles. The lowest BCUT2D eigenvalue weighted by Crippen LogP contribution is -2.43. The van der Waals surface area contributed by atoms with Gasteiger partial charge in [0.1, 0.15) is 6.61 Å². The van der Waals surface area contributed by atoms with Crippen molar-refractivity contribution in [2.75, 3.05) is 50.4 Å². The normalized spacial score (nSPS) is 15.0. The van der Waals surface area contributed by atoms with Crippen LogP contribution >= 0.6 is 0 Å². The molecule has 3 rings (SSSR count). The number of hydrogen-bond acceptors (Lipinski definition) is 8. The molecule has 2 aromatic carbocycles. The Balaban J connectivity index is 1.45. The van der Waals surface area contributed by atoms with E-state index in [9.17, 15) is 18.3 Å². The number of ether oxygens (including phenoxy) is 2. The Labute approximate surface area is 245 Å². The topological polar surface area (TPSA) is 108 Å². The zero-order valence-corrected chi connectivity index (χ0v) is 25.2. The van der Waals surface area contributed by atoms with Crippen LogP contribution in [0.1, 0.15) is 76.4 Å². The minimum absolute atomic E-state index is 0.171. The number of carbonyl (C=O) groups excluding carboxylic acids is 1. The van der Waals surface area contributed by atoms with Crippen molar-refractivity contribution in [3.05, 3.63) is 60.2 Å². The Morgan fingerprint density at radius 3 is 2.41 bits per heavy atom. The molecule has 1 unspecified atom stereocenters. The molecular formula is C31H47N3O6S. The van der Waals surface area contributed by atoms with E-state index in [1.165, 1.54) is 4.41 Å². The van der Waals surface area contributed by atoms with Crippen molar-refractivity contribution < 1.29 is 27.8 Å². The fraction of sp³-hybridized carbons (Fsp3) is 0.581. The summed E-state index contributed by atoms with van der Waals surface area (Å²) >= 11 is 0. The van der Waals surface area contributed by atoms with E-state index in [2.05, 4.69) is 17.2 Å². The average Bonchev–Trinajstić information content (AvgIpc) is 2.99. The van der Waals surface area contributed by atoms with Crippen LogP contribution in [-0.4, -0.2) is 70.4 Å². The molecule has 2 aromatic rings. The highest BCUT2D eigenvalue weighted by atomic mass is 32.2. The number of unbranched alkanes of at least 4 members (excludes halogenated alkanes) is 5. The van der Waals surface area contributed by atoms with Crippen LogP contribution in [0.15, 0.2) is 59.5 Å².